The van der Waals surface area contributed by atoms with E-state index in [-0.39, 0.29) is 0 Å². The van der Waals surface area contributed by atoms with Gasteiger partial charge in [0.15, 0.2) is 0 Å². The van der Waals surface area contributed by atoms with E-state index in [0.717, 1.165) is 25.2 Å². The van der Waals surface area contributed by atoms with Gasteiger partial charge in [0.2, 0.25) is 0 Å². The van der Waals surface area contributed by atoms with Crippen LogP contribution in [0.4, 0.5) is 0 Å². The van der Waals surface area contributed by atoms with Gasteiger partial charge < -0.3 is 5.32 Å². The predicted octanol–water partition coefficient (Wildman–Crippen LogP) is 2.78. The first-order valence-corrected chi connectivity index (χ1v) is 6.38. The number of nitrogens with zero attached hydrogens (tertiary/aromatic N) is 1. The molecule has 0 aliphatic carbocycles. The summed E-state index contributed by atoms with van der Waals surface area (Å²) >= 11 is 1.84. The van der Waals surface area contributed by atoms with E-state index in [0.29, 0.717) is 0 Å². The van der Waals surface area contributed by atoms with Gasteiger partial charge in [0, 0.05) is 24.2 Å². The Morgan fingerprint density at radius 1 is 1.31 bits per heavy atom. The lowest BCUT2D eigenvalue weighted by atomic mass is 10.2. The van der Waals surface area contributed by atoms with Crippen LogP contribution in [0.2, 0.25) is 0 Å². The molecule has 0 spiro atoms. The van der Waals surface area contributed by atoms with Crippen LogP contribution in [0, 0.1) is 6.92 Å². The van der Waals surface area contributed by atoms with E-state index in [1.165, 1.54) is 10.4 Å². The van der Waals surface area contributed by atoms with Crippen LogP contribution < -0.4 is 5.32 Å². The topological polar surface area (TPSA) is 24.9 Å². The van der Waals surface area contributed by atoms with Crippen LogP contribution in [0.25, 0.3) is 0 Å². The second-order valence-electron chi connectivity index (χ2n) is 3.77. The Morgan fingerprint density at radius 3 is 2.94 bits per heavy atom. The monoisotopic (exact) mass is 232 g/mol. The van der Waals surface area contributed by atoms with Crippen LogP contribution in [-0.4, -0.2) is 11.5 Å². The molecule has 2 aromatic rings. The predicted molar refractivity (Wildman–Crippen MR) is 68.7 cm³/mol. The van der Waals surface area contributed by atoms with Crippen LogP contribution in [0.5, 0.6) is 0 Å². The highest BCUT2D eigenvalue weighted by molar-refractivity contribution is 7.10. The lowest BCUT2D eigenvalue weighted by molar-refractivity contribution is 0.677. The van der Waals surface area contributed by atoms with E-state index >= 15 is 0 Å². The summed E-state index contributed by atoms with van der Waals surface area (Å²) in [5.74, 6) is 0. The lowest BCUT2D eigenvalue weighted by Crippen LogP contribution is -2.17. The summed E-state index contributed by atoms with van der Waals surface area (Å²) in [6.07, 6.45) is 2.94. The summed E-state index contributed by atoms with van der Waals surface area (Å²) in [6, 6.07) is 8.19. The van der Waals surface area contributed by atoms with Gasteiger partial charge in [-0.3, -0.25) is 4.98 Å². The van der Waals surface area contributed by atoms with Crippen molar-refractivity contribution in [1.82, 2.24) is 10.3 Å². The molecule has 0 amide bonds. The Labute approximate surface area is 100 Å². The summed E-state index contributed by atoms with van der Waals surface area (Å²) in [7, 11) is 0. The molecule has 1 N–H and O–H groups in total. The number of aromatic nitrogens is 1. The zero-order valence-electron chi connectivity index (χ0n) is 9.44. The molecule has 2 heterocycles. The molecule has 0 fully saturated rings. The molecule has 0 saturated carbocycles. The molecular formula is C13H16N2S. The fraction of sp³-hybridized carbons (Fsp3) is 0.308. The SMILES string of the molecule is Cc1ccsc1CCNCc1ccccn1. The molecule has 84 valence electrons. The summed E-state index contributed by atoms with van der Waals surface area (Å²) < 4.78 is 0. The van der Waals surface area contributed by atoms with Crippen molar-refractivity contribution in [2.45, 2.75) is 19.9 Å². The number of aryl methyl sites for hydroxylation is 1. The Kier molecular flexibility index (Phi) is 4.08. The molecule has 0 atom stereocenters. The summed E-state index contributed by atoms with van der Waals surface area (Å²) in [6.45, 7) is 4.04. The molecule has 16 heavy (non-hydrogen) atoms. The fourth-order valence-corrected chi connectivity index (χ4v) is 2.49. The molecule has 2 nitrogen and oxygen atoms in total. The fourth-order valence-electron chi connectivity index (χ4n) is 1.58. The minimum atomic E-state index is 0.852. The van der Waals surface area contributed by atoms with Crippen molar-refractivity contribution in [2.24, 2.45) is 0 Å². The largest absolute Gasteiger partial charge is 0.311 e. The number of rotatable bonds is 5. The standard InChI is InChI=1S/C13H16N2S/c1-11-6-9-16-13(11)5-8-14-10-12-4-2-3-7-15-12/h2-4,6-7,9,14H,5,8,10H2,1H3. The molecule has 3 heteroatoms. The maximum absolute atomic E-state index is 4.27. The molecule has 0 saturated heterocycles. The molecular weight excluding hydrogens is 216 g/mol. The third-order valence-electron chi connectivity index (χ3n) is 2.53. The first kappa shape index (κ1) is 11.3. The van der Waals surface area contributed by atoms with Gasteiger partial charge >= 0.3 is 0 Å². The average Bonchev–Trinajstić information content (AvgIpc) is 2.72. The van der Waals surface area contributed by atoms with E-state index in [1.54, 1.807) is 0 Å². The van der Waals surface area contributed by atoms with Crippen LogP contribution in [-0.2, 0) is 13.0 Å². The smallest absolute Gasteiger partial charge is 0.0541 e. The van der Waals surface area contributed by atoms with E-state index in [1.807, 2.05) is 35.7 Å². The summed E-state index contributed by atoms with van der Waals surface area (Å²) in [5.41, 5.74) is 2.51. The Hall–Kier alpha value is -1.19. The van der Waals surface area contributed by atoms with Crippen molar-refractivity contribution >= 4 is 11.3 Å². The van der Waals surface area contributed by atoms with Gasteiger partial charge in [0.25, 0.3) is 0 Å². The highest BCUT2D eigenvalue weighted by atomic mass is 32.1. The van der Waals surface area contributed by atoms with Gasteiger partial charge in [-0.15, -0.1) is 11.3 Å². The maximum Gasteiger partial charge on any atom is 0.0541 e. The normalized spacial score (nSPS) is 10.6. The zero-order chi connectivity index (χ0) is 11.2. The lowest BCUT2D eigenvalue weighted by Gasteiger charge is -2.03. The van der Waals surface area contributed by atoms with E-state index < -0.39 is 0 Å². The average molecular weight is 232 g/mol. The molecule has 0 aliphatic rings. The van der Waals surface area contributed by atoms with Crippen molar-refractivity contribution in [3.05, 3.63) is 52.0 Å². The van der Waals surface area contributed by atoms with Gasteiger partial charge in [-0.05, 0) is 42.5 Å². The molecule has 0 unspecified atom stereocenters. The minimum Gasteiger partial charge on any atom is -0.311 e. The zero-order valence-corrected chi connectivity index (χ0v) is 10.3. The number of pyridine rings is 1. The summed E-state index contributed by atoms with van der Waals surface area (Å²) in [4.78, 5) is 5.75. The van der Waals surface area contributed by atoms with E-state index in [4.69, 9.17) is 0 Å². The van der Waals surface area contributed by atoms with Crippen LogP contribution in [0.3, 0.4) is 0 Å². The van der Waals surface area contributed by atoms with Crippen LogP contribution in [0.15, 0.2) is 35.8 Å². The number of thiophene rings is 1. The molecule has 0 aromatic carbocycles. The van der Waals surface area contributed by atoms with E-state index in [9.17, 15) is 0 Å². The number of nitrogens with one attached hydrogen (secondary N) is 1. The Balaban J connectivity index is 1.72. The second kappa shape index (κ2) is 5.77. The van der Waals surface area contributed by atoms with Crippen molar-refractivity contribution in [3.8, 4) is 0 Å². The van der Waals surface area contributed by atoms with Crippen molar-refractivity contribution in [1.29, 1.82) is 0 Å². The van der Waals surface area contributed by atoms with Crippen LogP contribution >= 0.6 is 11.3 Å². The first-order chi connectivity index (χ1) is 7.86. The van der Waals surface area contributed by atoms with E-state index in [2.05, 4.69) is 28.7 Å². The Morgan fingerprint density at radius 2 is 2.25 bits per heavy atom. The van der Waals surface area contributed by atoms with Crippen molar-refractivity contribution in [3.63, 3.8) is 0 Å². The Bertz CT molecular complexity index is 423. The van der Waals surface area contributed by atoms with Crippen molar-refractivity contribution in [2.75, 3.05) is 6.54 Å². The quantitative estimate of drug-likeness (QED) is 0.802. The third kappa shape index (κ3) is 3.15. The van der Waals surface area contributed by atoms with Crippen molar-refractivity contribution < 1.29 is 0 Å². The second-order valence-corrected chi connectivity index (χ2v) is 4.78. The van der Waals surface area contributed by atoms with Gasteiger partial charge in [-0.1, -0.05) is 6.07 Å². The maximum atomic E-state index is 4.27. The highest BCUT2D eigenvalue weighted by Gasteiger charge is 1.99. The highest BCUT2D eigenvalue weighted by Crippen LogP contribution is 2.15. The molecule has 0 aliphatic heterocycles. The summed E-state index contributed by atoms with van der Waals surface area (Å²) in [5, 5.41) is 5.57. The molecule has 0 radical (unpaired) electrons. The molecule has 0 bridgehead atoms. The molecule has 2 rings (SSSR count). The first-order valence-electron chi connectivity index (χ1n) is 5.50. The minimum absolute atomic E-state index is 0.852. The third-order valence-corrected chi connectivity index (χ3v) is 3.61. The number of hydrogen-bond donors (Lipinski definition) is 1. The van der Waals surface area contributed by atoms with Gasteiger partial charge in [0.1, 0.15) is 0 Å². The van der Waals surface area contributed by atoms with Gasteiger partial charge in [0.05, 0.1) is 5.69 Å². The number of hydrogen-bond acceptors (Lipinski definition) is 3. The van der Waals surface area contributed by atoms with Gasteiger partial charge in [-0.2, -0.15) is 0 Å². The van der Waals surface area contributed by atoms with Crippen LogP contribution in [0.1, 0.15) is 16.1 Å². The van der Waals surface area contributed by atoms with Gasteiger partial charge in [-0.25, -0.2) is 0 Å². The molecule has 2 aromatic heterocycles.